The zero-order valence-electron chi connectivity index (χ0n) is 17.6. The lowest BCUT2D eigenvalue weighted by Crippen LogP contribution is -2.20. The Labute approximate surface area is 187 Å². The van der Waals surface area contributed by atoms with E-state index in [0.717, 1.165) is 29.2 Å². The fourth-order valence-corrected chi connectivity index (χ4v) is 3.71. The van der Waals surface area contributed by atoms with Crippen LogP contribution in [-0.4, -0.2) is 14.9 Å². The molecule has 1 unspecified atom stereocenters. The number of hydrogen-bond acceptors (Lipinski definition) is 2. The molecule has 7 heteroatoms. The summed E-state index contributed by atoms with van der Waals surface area (Å²) in [4.78, 5) is 0. The summed E-state index contributed by atoms with van der Waals surface area (Å²) in [6, 6.07) is 13.0. The van der Waals surface area contributed by atoms with Crippen LogP contribution in [0.4, 0.5) is 15.8 Å². The van der Waals surface area contributed by atoms with Crippen molar-refractivity contribution < 1.29 is 4.39 Å². The molecule has 0 aliphatic heterocycles. The van der Waals surface area contributed by atoms with E-state index in [9.17, 15) is 4.39 Å². The molecule has 0 radical (unpaired) electrons. The van der Waals surface area contributed by atoms with Crippen LogP contribution >= 0.6 is 23.8 Å². The van der Waals surface area contributed by atoms with Crippen molar-refractivity contribution in [3.05, 3.63) is 75.8 Å². The van der Waals surface area contributed by atoms with Gasteiger partial charge in [0.15, 0.2) is 5.11 Å². The van der Waals surface area contributed by atoms with Crippen molar-refractivity contribution in [2.45, 2.75) is 46.6 Å². The van der Waals surface area contributed by atoms with Gasteiger partial charge in [0.2, 0.25) is 0 Å². The van der Waals surface area contributed by atoms with Gasteiger partial charge in [-0.3, -0.25) is 4.68 Å². The van der Waals surface area contributed by atoms with E-state index < -0.39 is 0 Å². The summed E-state index contributed by atoms with van der Waals surface area (Å²) in [5.41, 5.74) is 5.07. The van der Waals surface area contributed by atoms with Crippen LogP contribution < -0.4 is 10.6 Å². The van der Waals surface area contributed by atoms with E-state index in [1.807, 2.05) is 26.0 Å². The SMILES string of the molecule is CCC(C)c1ccc(NC(=S)Nc2c(C)nn(Cc3c(F)cccc3Cl)c2C)cc1. The molecule has 0 aliphatic rings. The normalized spacial score (nSPS) is 11.9. The Kier molecular flexibility index (Phi) is 7.10. The molecule has 4 nitrogen and oxygen atoms in total. The highest BCUT2D eigenvalue weighted by Gasteiger charge is 2.16. The van der Waals surface area contributed by atoms with Crippen LogP contribution in [0.25, 0.3) is 0 Å². The van der Waals surface area contributed by atoms with Crippen LogP contribution in [0.1, 0.15) is 48.7 Å². The highest BCUT2D eigenvalue weighted by atomic mass is 35.5. The maximum Gasteiger partial charge on any atom is 0.175 e. The van der Waals surface area contributed by atoms with Crippen molar-refractivity contribution in [3.63, 3.8) is 0 Å². The van der Waals surface area contributed by atoms with Gasteiger partial charge in [-0.25, -0.2) is 4.39 Å². The Bertz CT molecular complexity index is 1030. The van der Waals surface area contributed by atoms with Gasteiger partial charge in [0, 0.05) is 16.3 Å². The third-order valence-corrected chi connectivity index (χ3v) is 5.90. The van der Waals surface area contributed by atoms with E-state index in [1.54, 1.807) is 16.8 Å². The number of aryl methyl sites for hydroxylation is 1. The topological polar surface area (TPSA) is 41.9 Å². The van der Waals surface area contributed by atoms with Crippen molar-refractivity contribution >= 4 is 40.3 Å². The molecule has 3 aromatic rings. The molecule has 2 N–H and O–H groups in total. The van der Waals surface area contributed by atoms with Crippen LogP contribution in [0.15, 0.2) is 42.5 Å². The molecular formula is C23H26ClFN4S. The Morgan fingerprint density at radius 3 is 2.50 bits per heavy atom. The predicted molar refractivity (Wildman–Crippen MR) is 127 cm³/mol. The van der Waals surface area contributed by atoms with E-state index in [-0.39, 0.29) is 12.4 Å². The Hall–Kier alpha value is -2.44. The number of anilines is 2. The third kappa shape index (κ3) is 4.99. The molecule has 1 heterocycles. The fraction of sp³-hybridized carbons (Fsp3) is 0.304. The summed E-state index contributed by atoms with van der Waals surface area (Å²) in [5.74, 6) is 0.186. The summed E-state index contributed by atoms with van der Waals surface area (Å²) in [5, 5.41) is 11.8. The van der Waals surface area contributed by atoms with Gasteiger partial charge in [0.25, 0.3) is 0 Å². The molecular weight excluding hydrogens is 419 g/mol. The molecule has 0 bridgehead atoms. The van der Waals surface area contributed by atoms with Crippen LogP contribution in [0.3, 0.4) is 0 Å². The summed E-state index contributed by atoms with van der Waals surface area (Å²) >= 11 is 11.6. The largest absolute Gasteiger partial charge is 0.332 e. The first-order valence-corrected chi connectivity index (χ1v) is 10.7. The first kappa shape index (κ1) is 22.2. The molecule has 1 atom stereocenters. The number of benzene rings is 2. The van der Waals surface area contributed by atoms with Gasteiger partial charge in [-0.15, -0.1) is 0 Å². The van der Waals surface area contributed by atoms with E-state index in [2.05, 4.69) is 41.7 Å². The van der Waals surface area contributed by atoms with Gasteiger partial charge >= 0.3 is 0 Å². The van der Waals surface area contributed by atoms with Gasteiger partial charge in [-0.2, -0.15) is 5.10 Å². The molecule has 3 rings (SSSR count). The van der Waals surface area contributed by atoms with Crippen molar-refractivity contribution in [2.24, 2.45) is 0 Å². The number of thiocarbonyl (C=S) groups is 1. The molecule has 2 aromatic carbocycles. The lowest BCUT2D eigenvalue weighted by molar-refractivity contribution is 0.579. The fourth-order valence-electron chi connectivity index (χ4n) is 3.27. The van der Waals surface area contributed by atoms with E-state index in [4.69, 9.17) is 23.8 Å². The van der Waals surface area contributed by atoms with Gasteiger partial charge in [0.05, 0.1) is 23.6 Å². The number of rotatable bonds is 6. The number of hydrogen-bond donors (Lipinski definition) is 2. The minimum atomic E-state index is -0.345. The number of nitrogens with one attached hydrogen (secondary N) is 2. The van der Waals surface area contributed by atoms with Crippen molar-refractivity contribution in [1.82, 2.24) is 9.78 Å². The monoisotopic (exact) mass is 444 g/mol. The first-order chi connectivity index (χ1) is 14.3. The number of halogens is 2. The smallest absolute Gasteiger partial charge is 0.175 e. The Balaban J connectivity index is 1.72. The quantitative estimate of drug-likeness (QED) is 0.417. The standard InChI is InChI=1S/C23H26ClFN4S/c1-5-14(2)17-9-11-18(12-10-17)26-23(30)27-22-15(3)28-29(16(22)4)13-19-20(24)7-6-8-21(19)25/h6-12,14H,5,13H2,1-4H3,(H2,26,27,30). The number of aromatic nitrogens is 2. The second kappa shape index (κ2) is 9.58. The van der Waals surface area contributed by atoms with Crippen LogP contribution in [0.5, 0.6) is 0 Å². The zero-order valence-corrected chi connectivity index (χ0v) is 19.2. The average molecular weight is 445 g/mol. The highest BCUT2D eigenvalue weighted by molar-refractivity contribution is 7.80. The summed E-state index contributed by atoms with van der Waals surface area (Å²) in [6.45, 7) is 8.45. The third-order valence-electron chi connectivity index (χ3n) is 5.34. The average Bonchev–Trinajstić information content (AvgIpc) is 2.98. The molecule has 0 amide bonds. The van der Waals surface area contributed by atoms with Crippen LogP contribution in [0, 0.1) is 19.7 Å². The first-order valence-electron chi connectivity index (χ1n) is 9.95. The molecule has 0 fully saturated rings. The molecule has 158 valence electrons. The Morgan fingerprint density at radius 2 is 1.87 bits per heavy atom. The highest BCUT2D eigenvalue weighted by Crippen LogP contribution is 2.25. The summed E-state index contributed by atoms with van der Waals surface area (Å²) < 4.78 is 15.9. The molecule has 1 aromatic heterocycles. The molecule has 0 saturated heterocycles. The van der Waals surface area contributed by atoms with Gasteiger partial charge in [-0.1, -0.05) is 43.6 Å². The second-order valence-electron chi connectivity index (χ2n) is 7.41. The zero-order chi connectivity index (χ0) is 21.8. The maximum atomic E-state index is 14.2. The van der Waals surface area contributed by atoms with Gasteiger partial charge in [-0.05, 0) is 68.2 Å². The lowest BCUT2D eigenvalue weighted by atomic mass is 9.99. The molecule has 0 saturated carbocycles. The van der Waals surface area contributed by atoms with Crippen LogP contribution in [-0.2, 0) is 6.54 Å². The van der Waals surface area contributed by atoms with Gasteiger partial charge in [0.1, 0.15) is 5.82 Å². The van der Waals surface area contributed by atoms with E-state index in [1.165, 1.54) is 11.6 Å². The minimum absolute atomic E-state index is 0.247. The van der Waals surface area contributed by atoms with Crippen molar-refractivity contribution in [3.8, 4) is 0 Å². The maximum absolute atomic E-state index is 14.2. The minimum Gasteiger partial charge on any atom is -0.332 e. The molecule has 0 aliphatic carbocycles. The molecule has 0 spiro atoms. The van der Waals surface area contributed by atoms with Gasteiger partial charge < -0.3 is 10.6 Å². The van der Waals surface area contributed by atoms with Crippen LogP contribution in [0.2, 0.25) is 5.02 Å². The predicted octanol–water partition coefficient (Wildman–Crippen LogP) is 6.66. The summed E-state index contributed by atoms with van der Waals surface area (Å²) in [7, 11) is 0. The van der Waals surface area contributed by atoms with E-state index >= 15 is 0 Å². The molecule has 30 heavy (non-hydrogen) atoms. The lowest BCUT2D eigenvalue weighted by Gasteiger charge is -2.13. The Morgan fingerprint density at radius 1 is 1.17 bits per heavy atom. The number of nitrogens with zero attached hydrogens (tertiary/aromatic N) is 2. The summed E-state index contributed by atoms with van der Waals surface area (Å²) in [6.07, 6.45) is 1.10. The second-order valence-corrected chi connectivity index (χ2v) is 8.23. The van der Waals surface area contributed by atoms with Crippen molar-refractivity contribution in [1.29, 1.82) is 0 Å². The van der Waals surface area contributed by atoms with Crippen molar-refractivity contribution in [2.75, 3.05) is 10.6 Å². The van der Waals surface area contributed by atoms with E-state index in [0.29, 0.717) is 21.6 Å².